The van der Waals surface area contributed by atoms with E-state index >= 15 is 0 Å². The van der Waals surface area contributed by atoms with Crippen molar-refractivity contribution in [2.24, 2.45) is 5.92 Å². The number of carbonyl (C=O) groups excluding carboxylic acids is 2. The van der Waals surface area contributed by atoms with Gasteiger partial charge in [-0.05, 0) is 43.2 Å². The maximum Gasteiger partial charge on any atom is 0.289 e. The first-order chi connectivity index (χ1) is 14.8. The van der Waals surface area contributed by atoms with Crippen molar-refractivity contribution in [3.8, 4) is 5.75 Å². The van der Waals surface area contributed by atoms with Crippen LogP contribution in [0.4, 0.5) is 14.5 Å². The van der Waals surface area contributed by atoms with E-state index in [0.29, 0.717) is 54.0 Å². The number of anilines is 1. The number of hydrogen-bond acceptors (Lipinski definition) is 4. The molecule has 1 aliphatic rings. The number of nitrogens with one attached hydrogen (secondary N) is 1. The number of ether oxygens (including phenoxy) is 1. The molecule has 0 spiro atoms. The van der Waals surface area contributed by atoms with Crippen LogP contribution in [0.2, 0.25) is 10.0 Å². The van der Waals surface area contributed by atoms with Gasteiger partial charge >= 0.3 is 0 Å². The van der Waals surface area contributed by atoms with Crippen LogP contribution in [0.1, 0.15) is 23.2 Å². The smallest absolute Gasteiger partial charge is 0.289 e. The number of rotatable bonds is 6. The molecule has 1 fully saturated rings. The molecule has 0 unspecified atom stereocenters. The van der Waals surface area contributed by atoms with Gasteiger partial charge in [0.15, 0.2) is 0 Å². The Labute approximate surface area is 193 Å². The molecule has 1 N–H and O–H groups in total. The molecule has 2 aromatic rings. The molecule has 0 saturated carbocycles. The van der Waals surface area contributed by atoms with Crippen molar-refractivity contribution in [1.82, 2.24) is 4.90 Å². The van der Waals surface area contributed by atoms with Gasteiger partial charge in [0.25, 0.3) is 11.7 Å². The van der Waals surface area contributed by atoms with E-state index in [1.807, 2.05) is 0 Å². The monoisotopic (exact) mass is 488 g/mol. The van der Waals surface area contributed by atoms with Gasteiger partial charge in [0, 0.05) is 24.0 Å². The second-order valence-corrected chi connectivity index (χ2v) is 8.74. The summed E-state index contributed by atoms with van der Waals surface area (Å²) in [6, 6.07) is 9.46. The third-order valence-corrected chi connectivity index (χ3v) is 6.49. The number of thioether (sulfide) groups is 1. The fourth-order valence-electron chi connectivity index (χ4n) is 3.41. The van der Waals surface area contributed by atoms with Gasteiger partial charge in [-0.3, -0.25) is 9.59 Å². The number of hydrogen-bond donors (Lipinski definition) is 1. The van der Waals surface area contributed by atoms with E-state index in [1.165, 1.54) is 13.2 Å². The summed E-state index contributed by atoms with van der Waals surface area (Å²) in [5, 5.41) is 3.29. The normalized spacial score (nSPS) is 14.6. The van der Waals surface area contributed by atoms with Crippen molar-refractivity contribution in [2.45, 2.75) is 23.5 Å². The predicted molar refractivity (Wildman–Crippen MR) is 119 cm³/mol. The van der Waals surface area contributed by atoms with Crippen LogP contribution in [0, 0.1) is 5.92 Å². The molecule has 166 valence electrons. The van der Waals surface area contributed by atoms with E-state index in [9.17, 15) is 18.4 Å². The van der Waals surface area contributed by atoms with Crippen molar-refractivity contribution in [2.75, 3.05) is 25.5 Å². The second kappa shape index (κ2) is 10.5. The number of benzene rings is 2. The molecule has 1 heterocycles. The molecule has 0 atom stereocenters. The first-order valence-corrected chi connectivity index (χ1v) is 11.1. The summed E-state index contributed by atoms with van der Waals surface area (Å²) in [4.78, 5) is 27.4. The molecule has 0 aromatic heterocycles. The average Bonchev–Trinajstić information content (AvgIpc) is 2.75. The lowest BCUT2D eigenvalue weighted by Gasteiger charge is -2.32. The minimum absolute atomic E-state index is 0.133. The average molecular weight is 489 g/mol. The summed E-state index contributed by atoms with van der Waals surface area (Å²) in [7, 11) is 1.48. The Morgan fingerprint density at radius 1 is 1.19 bits per heavy atom. The van der Waals surface area contributed by atoms with Gasteiger partial charge in [-0.2, -0.15) is 8.78 Å². The van der Waals surface area contributed by atoms with Gasteiger partial charge in [-0.15, -0.1) is 0 Å². The lowest BCUT2D eigenvalue weighted by molar-refractivity contribution is -0.121. The van der Waals surface area contributed by atoms with E-state index in [-0.39, 0.29) is 33.3 Å². The van der Waals surface area contributed by atoms with E-state index < -0.39 is 5.76 Å². The highest BCUT2D eigenvalue weighted by molar-refractivity contribution is 7.99. The largest absolute Gasteiger partial charge is 0.496 e. The van der Waals surface area contributed by atoms with E-state index in [4.69, 9.17) is 27.9 Å². The Balaban J connectivity index is 1.64. The summed E-state index contributed by atoms with van der Waals surface area (Å²) in [5.74, 6) is -3.09. The van der Waals surface area contributed by atoms with Crippen LogP contribution in [-0.4, -0.2) is 42.7 Å². The van der Waals surface area contributed by atoms with Gasteiger partial charge in [-0.25, -0.2) is 0 Å². The summed E-state index contributed by atoms with van der Waals surface area (Å²) < 4.78 is 30.9. The number of halogens is 4. The number of nitrogens with zero attached hydrogens (tertiary/aromatic N) is 1. The number of likely N-dealkylation sites (tertiary alicyclic amines) is 1. The first kappa shape index (κ1) is 23.6. The molecular weight excluding hydrogens is 469 g/mol. The second-order valence-electron chi connectivity index (χ2n) is 6.90. The summed E-state index contributed by atoms with van der Waals surface area (Å²) >= 11 is 12.3. The Kier molecular flexibility index (Phi) is 8.02. The zero-order valence-electron chi connectivity index (χ0n) is 16.5. The van der Waals surface area contributed by atoms with Crippen LogP contribution < -0.4 is 10.1 Å². The van der Waals surface area contributed by atoms with E-state index in [1.54, 1.807) is 35.2 Å². The van der Waals surface area contributed by atoms with Crippen LogP contribution >= 0.6 is 35.0 Å². The molecule has 3 rings (SSSR count). The van der Waals surface area contributed by atoms with Crippen molar-refractivity contribution in [3.05, 3.63) is 52.0 Å². The zero-order valence-corrected chi connectivity index (χ0v) is 18.9. The molecule has 5 nitrogen and oxygen atoms in total. The van der Waals surface area contributed by atoms with E-state index in [2.05, 4.69) is 5.32 Å². The van der Waals surface area contributed by atoms with Gasteiger partial charge < -0.3 is 15.0 Å². The predicted octanol–water partition coefficient (Wildman–Crippen LogP) is 5.81. The molecular formula is C21H20Cl2F2N2O3S. The molecule has 31 heavy (non-hydrogen) atoms. The number of amides is 2. The van der Waals surface area contributed by atoms with Gasteiger partial charge in [-0.1, -0.05) is 41.0 Å². The quantitative estimate of drug-likeness (QED) is 0.521. The highest BCUT2D eigenvalue weighted by Crippen LogP contribution is 2.38. The lowest BCUT2D eigenvalue weighted by Crippen LogP contribution is -2.41. The van der Waals surface area contributed by atoms with Crippen molar-refractivity contribution in [1.29, 1.82) is 0 Å². The number of alkyl halides is 2. The first-order valence-electron chi connectivity index (χ1n) is 9.47. The molecule has 1 aliphatic heterocycles. The molecule has 2 aromatic carbocycles. The maximum atomic E-state index is 12.9. The Hall–Kier alpha value is -2.03. The molecule has 1 saturated heterocycles. The molecule has 2 amide bonds. The third kappa shape index (κ3) is 5.81. The van der Waals surface area contributed by atoms with Crippen molar-refractivity contribution < 1.29 is 23.1 Å². The van der Waals surface area contributed by atoms with Crippen molar-refractivity contribution >= 4 is 52.5 Å². The van der Waals surface area contributed by atoms with Crippen LogP contribution in [0.3, 0.4) is 0 Å². The van der Waals surface area contributed by atoms with Crippen LogP contribution in [-0.2, 0) is 4.79 Å². The lowest BCUT2D eigenvalue weighted by atomic mass is 9.95. The summed E-state index contributed by atoms with van der Waals surface area (Å²) in [6.45, 7) is 0.752. The Morgan fingerprint density at radius 2 is 1.90 bits per heavy atom. The van der Waals surface area contributed by atoms with Crippen molar-refractivity contribution in [3.63, 3.8) is 0 Å². The summed E-state index contributed by atoms with van der Waals surface area (Å²) in [6.07, 6.45) is 0.886. The minimum atomic E-state index is -2.66. The SMILES string of the molecule is COc1ccc(Cl)cc1C(=O)N1CCC(C(=O)Nc2cccc(Cl)c2SC(F)F)CC1. The standard InChI is InChI=1S/C21H20Cl2F2N2O3S/c1-30-17-6-5-13(22)11-14(17)20(29)27-9-7-12(8-10-27)19(28)26-16-4-2-3-15(23)18(16)31-21(24)25/h2-6,11-12,21H,7-10H2,1H3,(H,26,28). The Morgan fingerprint density at radius 3 is 2.55 bits per heavy atom. The van der Waals surface area contributed by atoms with Gasteiger partial charge in [0.2, 0.25) is 5.91 Å². The fraction of sp³-hybridized carbons (Fsp3) is 0.333. The highest BCUT2D eigenvalue weighted by atomic mass is 35.5. The highest BCUT2D eigenvalue weighted by Gasteiger charge is 2.29. The number of carbonyl (C=O) groups is 2. The van der Waals surface area contributed by atoms with Crippen LogP contribution in [0.15, 0.2) is 41.3 Å². The maximum absolute atomic E-state index is 12.9. The summed E-state index contributed by atoms with van der Waals surface area (Å²) in [5.41, 5.74) is 0.621. The van der Waals surface area contributed by atoms with Crippen LogP contribution in [0.25, 0.3) is 0 Å². The fourth-order valence-corrected chi connectivity index (χ4v) is 4.50. The minimum Gasteiger partial charge on any atom is -0.496 e. The molecule has 10 heteroatoms. The number of piperidine rings is 1. The molecule has 0 aliphatic carbocycles. The van der Waals surface area contributed by atoms with Gasteiger partial charge in [0.1, 0.15) is 5.75 Å². The van der Waals surface area contributed by atoms with Crippen LogP contribution in [0.5, 0.6) is 5.75 Å². The van der Waals surface area contributed by atoms with Gasteiger partial charge in [0.05, 0.1) is 28.3 Å². The zero-order chi connectivity index (χ0) is 22.5. The van der Waals surface area contributed by atoms with E-state index in [0.717, 1.165) is 0 Å². The number of methoxy groups -OCH3 is 1. The Bertz CT molecular complexity index is 970. The topological polar surface area (TPSA) is 58.6 Å². The third-order valence-electron chi connectivity index (χ3n) is 4.98. The molecule has 0 bridgehead atoms. The molecule has 0 radical (unpaired) electrons.